The number of aryl methyl sites for hydroxylation is 1. The number of nitrogens with two attached hydrogens (primary N) is 1. The number of rotatable bonds is 8. The molecule has 2 aromatic rings. The molecule has 1 heterocycles. The maximum Gasteiger partial charge on any atom is 0.404 e. The van der Waals surface area contributed by atoms with Crippen LogP contribution in [0.25, 0.3) is 0 Å². The highest BCUT2D eigenvalue weighted by atomic mass is 35.5. The minimum Gasteiger partial charge on any atom is -0.450 e. The highest BCUT2D eigenvalue weighted by Gasteiger charge is 2.20. The first-order chi connectivity index (χ1) is 12.3. The van der Waals surface area contributed by atoms with E-state index in [2.05, 4.69) is 25.3 Å². The monoisotopic (exact) mass is 415 g/mol. The number of halogens is 2. The molecule has 0 saturated heterocycles. The number of ether oxygens (including phenoxy) is 1. The topological polar surface area (TPSA) is 70.1 Å². The van der Waals surface area contributed by atoms with Crippen molar-refractivity contribution in [3.63, 3.8) is 0 Å². The Morgan fingerprint density at radius 2 is 1.96 bits per heavy atom. The van der Waals surface area contributed by atoms with E-state index in [1.54, 1.807) is 17.8 Å². The average molecular weight is 416 g/mol. The Morgan fingerprint density at radius 1 is 1.31 bits per heavy atom. The van der Waals surface area contributed by atoms with Crippen molar-refractivity contribution >= 4 is 41.1 Å². The van der Waals surface area contributed by atoms with Gasteiger partial charge in [0.25, 0.3) is 0 Å². The Labute approximate surface area is 168 Å². The third-order valence-corrected chi connectivity index (χ3v) is 5.26. The molecule has 0 aliphatic rings. The van der Waals surface area contributed by atoms with E-state index in [0.29, 0.717) is 22.9 Å². The molecule has 2 N–H and O–H groups in total. The molecule has 0 aliphatic carbocycles. The van der Waals surface area contributed by atoms with Crippen molar-refractivity contribution in [2.45, 2.75) is 56.0 Å². The minimum absolute atomic E-state index is 0.278. The molecule has 0 bridgehead atoms. The van der Waals surface area contributed by atoms with Gasteiger partial charge in [-0.15, -0.1) is 0 Å². The van der Waals surface area contributed by atoms with Gasteiger partial charge in [0, 0.05) is 27.9 Å². The van der Waals surface area contributed by atoms with Crippen molar-refractivity contribution in [1.82, 2.24) is 9.55 Å². The van der Waals surface area contributed by atoms with Gasteiger partial charge < -0.3 is 15.0 Å². The van der Waals surface area contributed by atoms with Crippen LogP contribution in [0.4, 0.5) is 4.79 Å². The van der Waals surface area contributed by atoms with Gasteiger partial charge in [0.05, 0.1) is 12.3 Å². The van der Waals surface area contributed by atoms with Crippen LogP contribution in [-0.2, 0) is 17.7 Å². The van der Waals surface area contributed by atoms with Crippen molar-refractivity contribution in [1.29, 1.82) is 0 Å². The summed E-state index contributed by atoms with van der Waals surface area (Å²) in [7, 11) is 0. The summed E-state index contributed by atoms with van der Waals surface area (Å²) >= 11 is 13.9. The molecular formula is C18H23Cl2N3O2S. The van der Waals surface area contributed by atoms with Crippen molar-refractivity contribution in [2.24, 2.45) is 5.73 Å². The summed E-state index contributed by atoms with van der Waals surface area (Å²) in [4.78, 5) is 16.5. The number of carbonyl (C=O) groups excluding carboxylic acids is 1. The highest BCUT2D eigenvalue weighted by molar-refractivity contribution is 7.99. The Hall–Kier alpha value is -1.37. The fraction of sp³-hybridized carbons (Fsp3) is 0.444. The van der Waals surface area contributed by atoms with Crippen LogP contribution in [0.2, 0.25) is 10.0 Å². The lowest BCUT2D eigenvalue weighted by Crippen LogP contribution is -2.14. The molecule has 0 radical (unpaired) electrons. The summed E-state index contributed by atoms with van der Waals surface area (Å²) in [5.41, 5.74) is 6.04. The van der Waals surface area contributed by atoms with Crippen LogP contribution < -0.4 is 5.73 Å². The molecule has 0 atom stereocenters. The van der Waals surface area contributed by atoms with Crippen molar-refractivity contribution < 1.29 is 9.53 Å². The lowest BCUT2D eigenvalue weighted by Gasteiger charge is -2.12. The molecule has 0 spiro atoms. The van der Waals surface area contributed by atoms with Crippen LogP contribution >= 0.6 is 35.0 Å². The predicted octanol–water partition coefficient (Wildman–Crippen LogP) is 5.51. The fourth-order valence-electron chi connectivity index (χ4n) is 2.61. The summed E-state index contributed by atoms with van der Waals surface area (Å²) in [6.07, 6.45) is 0.628. The van der Waals surface area contributed by atoms with Crippen LogP contribution in [0.1, 0.15) is 44.6 Å². The lowest BCUT2D eigenvalue weighted by atomic mass is 10.1. The van der Waals surface area contributed by atoms with Gasteiger partial charge in [-0.1, -0.05) is 48.8 Å². The zero-order chi connectivity index (χ0) is 19.3. The Morgan fingerprint density at radius 3 is 2.50 bits per heavy atom. The minimum atomic E-state index is -0.749. The zero-order valence-corrected chi connectivity index (χ0v) is 17.4. The summed E-state index contributed by atoms with van der Waals surface area (Å²) in [5.74, 6) is 1.25. The van der Waals surface area contributed by atoms with E-state index < -0.39 is 6.09 Å². The Balaban J connectivity index is 2.29. The summed E-state index contributed by atoms with van der Waals surface area (Å²) in [5, 5.41) is 2.31. The molecule has 1 aromatic carbocycles. The molecule has 8 heteroatoms. The molecule has 0 fully saturated rings. The van der Waals surface area contributed by atoms with Crippen LogP contribution in [-0.4, -0.2) is 22.3 Å². The highest BCUT2D eigenvalue weighted by Crippen LogP contribution is 2.37. The summed E-state index contributed by atoms with van der Waals surface area (Å²) in [6.45, 7) is 7.41. The lowest BCUT2D eigenvalue weighted by molar-refractivity contribution is 0.155. The van der Waals surface area contributed by atoms with E-state index >= 15 is 0 Å². The van der Waals surface area contributed by atoms with E-state index in [0.717, 1.165) is 28.0 Å². The molecule has 0 unspecified atom stereocenters. The fourth-order valence-corrected chi connectivity index (χ4v) is 4.59. The molecular weight excluding hydrogens is 393 g/mol. The van der Waals surface area contributed by atoms with Crippen molar-refractivity contribution in [2.75, 3.05) is 6.61 Å². The molecule has 26 heavy (non-hydrogen) atoms. The van der Waals surface area contributed by atoms with Gasteiger partial charge >= 0.3 is 6.09 Å². The third-order valence-electron chi connectivity index (χ3n) is 3.73. The Bertz CT molecular complexity index is 758. The second kappa shape index (κ2) is 9.53. The van der Waals surface area contributed by atoms with Gasteiger partial charge in [-0.3, -0.25) is 0 Å². The standard InChI is InChI=1S/C18H23Cl2N3O2S/c1-4-23-15(6-5-7-25-18(21)24)22-16(11(2)3)17(23)26-14-9-12(19)8-13(20)10-14/h8-11H,4-7H2,1-3H3,(H2,21,24). The molecule has 1 amide bonds. The van der Waals surface area contributed by atoms with Gasteiger partial charge in [0.15, 0.2) is 0 Å². The van der Waals surface area contributed by atoms with Crippen LogP contribution in [0, 0.1) is 0 Å². The SMILES string of the molecule is CCn1c(CCCOC(N)=O)nc(C(C)C)c1Sc1cc(Cl)cc(Cl)c1. The first kappa shape index (κ1) is 20.9. The van der Waals surface area contributed by atoms with E-state index in [1.165, 1.54) is 0 Å². The number of aromatic nitrogens is 2. The molecule has 142 valence electrons. The number of carbonyl (C=O) groups is 1. The number of benzene rings is 1. The number of nitrogens with zero attached hydrogens (tertiary/aromatic N) is 2. The van der Waals surface area contributed by atoms with Gasteiger partial charge in [-0.25, -0.2) is 9.78 Å². The smallest absolute Gasteiger partial charge is 0.404 e. The third kappa shape index (κ3) is 5.56. The number of amides is 1. The van der Waals surface area contributed by atoms with Crippen LogP contribution in [0.3, 0.4) is 0 Å². The van der Waals surface area contributed by atoms with Crippen LogP contribution in [0.15, 0.2) is 28.1 Å². The van der Waals surface area contributed by atoms with Crippen molar-refractivity contribution in [3.05, 3.63) is 39.8 Å². The Kier molecular flexibility index (Phi) is 7.68. The van der Waals surface area contributed by atoms with Crippen molar-refractivity contribution in [3.8, 4) is 0 Å². The summed E-state index contributed by atoms with van der Waals surface area (Å²) in [6, 6.07) is 5.52. The molecule has 0 aliphatic heterocycles. The maximum absolute atomic E-state index is 10.7. The maximum atomic E-state index is 10.7. The van der Waals surface area contributed by atoms with Gasteiger partial charge in [0.2, 0.25) is 0 Å². The largest absolute Gasteiger partial charge is 0.450 e. The van der Waals surface area contributed by atoms with Crippen LogP contribution in [0.5, 0.6) is 0 Å². The molecule has 5 nitrogen and oxygen atoms in total. The predicted molar refractivity (Wildman–Crippen MR) is 106 cm³/mol. The van der Waals surface area contributed by atoms with E-state index in [4.69, 9.17) is 38.7 Å². The van der Waals surface area contributed by atoms with E-state index in [1.807, 2.05) is 12.1 Å². The van der Waals surface area contributed by atoms with E-state index in [-0.39, 0.29) is 12.5 Å². The van der Waals surface area contributed by atoms with Gasteiger partial charge in [-0.05, 0) is 37.5 Å². The molecule has 0 saturated carbocycles. The number of hydrogen-bond acceptors (Lipinski definition) is 4. The number of imidazole rings is 1. The first-order valence-electron chi connectivity index (χ1n) is 8.47. The average Bonchev–Trinajstić information content (AvgIpc) is 2.88. The zero-order valence-electron chi connectivity index (χ0n) is 15.1. The second-order valence-corrected chi connectivity index (χ2v) is 8.03. The molecule has 2 rings (SSSR count). The summed E-state index contributed by atoms with van der Waals surface area (Å²) < 4.78 is 7.00. The second-order valence-electron chi connectivity index (χ2n) is 6.10. The number of primary amides is 1. The first-order valence-corrected chi connectivity index (χ1v) is 10.0. The van der Waals surface area contributed by atoms with E-state index in [9.17, 15) is 4.79 Å². The number of hydrogen-bond donors (Lipinski definition) is 1. The van der Waals surface area contributed by atoms with Gasteiger partial charge in [-0.2, -0.15) is 0 Å². The normalized spacial score (nSPS) is 11.2. The van der Waals surface area contributed by atoms with Gasteiger partial charge in [0.1, 0.15) is 10.9 Å². The molecule has 1 aromatic heterocycles. The quantitative estimate of drug-likeness (QED) is 0.576.